The summed E-state index contributed by atoms with van der Waals surface area (Å²) in [6.45, 7) is 2.09. The summed E-state index contributed by atoms with van der Waals surface area (Å²) in [6, 6.07) is -0.247. The van der Waals surface area contributed by atoms with Gasteiger partial charge in [0.05, 0.1) is 0 Å². The summed E-state index contributed by atoms with van der Waals surface area (Å²) in [5.74, 6) is 2.33. The number of carbonyl (C=O) groups is 2. The van der Waals surface area contributed by atoms with Crippen molar-refractivity contribution in [2.75, 3.05) is 17.4 Å². The lowest BCUT2D eigenvalue weighted by Crippen LogP contribution is -2.46. The van der Waals surface area contributed by atoms with Gasteiger partial charge in [-0.1, -0.05) is 6.92 Å². The summed E-state index contributed by atoms with van der Waals surface area (Å²) >= 11 is 7.19. The molecular weight excluding hydrogens is 236 g/mol. The number of hydrogen-bond donors (Lipinski definition) is 2. The molecule has 0 spiro atoms. The Hall–Kier alpha value is -0.420. The minimum absolute atomic E-state index is 0.166. The minimum atomic E-state index is -0.413. The van der Waals surface area contributed by atoms with Crippen LogP contribution in [0.1, 0.15) is 13.3 Å². The molecule has 2 N–H and O–H groups in total. The van der Waals surface area contributed by atoms with Crippen molar-refractivity contribution in [3.63, 3.8) is 0 Å². The molecular formula is C9H15ClN2O2S. The maximum absolute atomic E-state index is 11.3. The van der Waals surface area contributed by atoms with Crippen molar-refractivity contribution in [1.29, 1.82) is 0 Å². The largest absolute Gasteiger partial charge is 0.334 e. The summed E-state index contributed by atoms with van der Waals surface area (Å²) in [7, 11) is 0. The van der Waals surface area contributed by atoms with Crippen LogP contribution < -0.4 is 10.6 Å². The molecule has 3 amide bonds. The smallest absolute Gasteiger partial charge is 0.321 e. The number of carbonyl (C=O) groups excluding carboxylic acids is 2. The van der Waals surface area contributed by atoms with E-state index in [0.717, 1.165) is 11.5 Å². The zero-order chi connectivity index (χ0) is 11.3. The molecule has 1 rings (SSSR count). The molecule has 0 bridgehead atoms. The average Bonchev–Trinajstić information content (AvgIpc) is 2.52. The summed E-state index contributed by atoms with van der Waals surface area (Å²) in [6.07, 6.45) is 0.171. The first-order valence-electron chi connectivity index (χ1n) is 4.87. The van der Waals surface area contributed by atoms with Gasteiger partial charge in [-0.05, 0) is 11.7 Å². The van der Waals surface area contributed by atoms with Gasteiger partial charge in [0.1, 0.15) is 0 Å². The van der Waals surface area contributed by atoms with Crippen LogP contribution in [0.5, 0.6) is 0 Å². The standard InChI is InChI=1S/C9H15ClN2O2S/c1-6-4-15-5-7(6)11-9(14)12-8(13)2-3-10/h6-7H,2-5H2,1H3,(H2,11,12,13,14). The normalized spacial score (nSPS) is 24.9. The average molecular weight is 251 g/mol. The van der Waals surface area contributed by atoms with Crippen molar-refractivity contribution < 1.29 is 9.59 Å². The van der Waals surface area contributed by atoms with Gasteiger partial charge in [0, 0.05) is 24.1 Å². The van der Waals surface area contributed by atoms with Gasteiger partial charge in [-0.15, -0.1) is 11.6 Å². The van der Waals surface area contributed by atoms with Crippen LogP contribution >= 0.6 is 23.4 Å². The van der Waals surface area contributed by atoms with E-state index in [1.54, 1.807) is 0 Å². The van der Waals surface area contributed by atoms with Crippen molar-refractivity contribution in [2.45, 2.75) is 19.4 Å². The molecule has 2 atom stereocenters. The molecule has 6 heteroatoms. The van der Waals surface area contributed by atoms with Crippen molar-refractivity contribution in [3.8, 4) is 0 Å². The summed E-state index contributed by atoms with van der Waals surface area (Å²) in [5.41, 5.74) is 0. The predicted molar refractivity (Wildman–Crippen MR) is 62.3 cm³/mol. The Labute approximate surface area is 98.5 Å². The van der Waals surface area contributed by atoms with Crippen LogP contribution in [0.25, 0.3) is 0 Å². The highest BCUT2D eigenvalue weighted by Gasteiger charge is 2.25. The molecule has 0 aromatic heterocycles. The van der Waals surface area contributed by atoms with Gasteiger partial charge >= 0.3 is 6.03 Å². The third-order valence-corrected chi connectivity index (χ3v) is 3.80. The molecule has 0 aliphatic carbocycles. The Morgan fingerprint density at radius 3 is 2.73 bits per heavy atom. The van der Waals surface area contributed by atoms with Crippen molar-refractivity contribution in [3.05, 3.63) is 0 Å². The van der Waals surface area contributed by atoms with E-state index in [-0.39, 0.29) is 24.2 Å². The first kappa shape index (κ1) is 12.6. The Morgan fingerprint density at radius 2 is 2.20 bits per heavy atom. The number of imide groups is 1. The zero-order valence-corrected chi connectivity index (χ0v) is 10.2. The van der Waals surface area contributed by atoms with Crippen LogP contribution in [0.2, 0.25) is 0 Å². The lowest BCUT2D eigenvalue weighted by Gasteiger charge is -2.16. The van der Waals surface area contributed by atoms with Crippen LogP contribution in [-0.4, -0.2) is 35.4 Å². The minimum Gasteiger partial charge on any atom is -0.334 e. The van der Waals surface area contributed by atoms with Gasteiger partial charge in [-0.25, -0.2) is 4.79 Å². The van der Waals surface area contributed by atoms with E-state index in [1.165, 1.54) is 0 Å². The second kappa shape index (κ2) is 6.23. The molecule has 0 aromatic rings. The molecule has 2 unspecified atom stereocenters. The predicted octanol–water partition coefficient (Wildman–Crippen LogP) is 1.19. The molecule has 0 aromatic carbocycles. The number of urea groups is 1. The van der Waals surface area contributed by atoms with Crippen LogP contribution in [0, 0.1) is 5.92 Å². The molecule has 86 valence electrons. The Morgan fingerprint density at radius 1 is 1.47 bits per heavy atom. The van der Waals surface area contributed by atoms with Gasteiger partial charge < -0.3 is 5.32 Å². The highest BCUT2D eigenvalue weighted by Crippen LogP contribution is 2.23. The lowest BCUT2D eigenvalue weighted by molar-refractivity contribution is -0.119. The Bertz CT molecular complexity index is 250. The second-order valence-electron chi connectivity index (χ2n) is 3.58. The highest BCUT2D eigenvalue weighted by atomic mass is 35.5. The first-order valence-corrected chi connectivity index (χ1v) is 6.56. The van der Waals surface area contributed by atoms with Crippen LogP contribution in [-0.2, 0) is 4.79 Å². The van der Waals surface area contributed by atoms with Crippen molar-refractivity contribution in [1.82, 2.24) is 10.6 Å². The molecule has 15 heavy (non-hydrogen) atoms. The maximum atomic E-state index is 11.3. The van der Waals surface area contributed by atoms with Gasteiger partial charge in [0.2, 0.25) is 5.91 Å². The number of hydrogen-bond acceptors (Lipinski definition) is 3. The first-order chi connectivity index (χ1) is 7.13. The molecule has 1 saturated heterocycles. The summed E-state index contributed by atoms with van der Waals surface area (Å²) in [4.78, 5) is 22.4. The van der Waals surface area contributed by atoms with Gasteiger partial charge in [0.25, 0.3) is 0 Å². The third-order valence-electron chi connectivity index (χ3n) is 2.26. The molecule has 1 heterocycles. The molecule has 0 radical (unpaired) electrons. The molecule has 0 saturated carbocycles. The highest BCUT2D eigenvalue weighted by molar-refractivity contribution is 7.99. The van der Waals surface area contributed by atoms with Crippen LogP contribution in [0.3, 0.4) is 0 Å². The molecule has 4 nitrogen and oxygen atoms in total. The van der Waals surface area contributed by atoms with Gasteiger partial charge in [0.15, 0.2) is 0 Å². The maximum Gasteiger partial charge on any atom is 0.321 e. The Kier molecular flexibility index (Phi) is 5.25. The molecule has 1 aliphatic heterocycles. The van der Waals surface area contributed by atoms with Gasteiger partial charge in [-0.3, -0.25) is 10.1 Å². The van der Waals surface area contributed by atoms with E-state index in [2.05, 4.69) is 17.6 Å². The molecule has 1 aliphatic rings. The fraction of sp³-hybridized carbons (Fsp3) is 0.778. The van der Waals surface area contributed by atoms with Gasteiger partial charge in [-0.2, -0.15) is 11.8 Å². The number of alkyl halides is 1. The quantitative estimate of drug-likeness (QED) is 0.740. The topological polar surface area (TPSA) is 58.2 Å². The van der Waals surface area contributed by atoms with Crippen LogP contribution in [0.15, 0.2) is 0 Å². The Balaban J connectivity index is 2.26. The fourth-order valence-corrected chi connectivity index (χ4v) is 2.90. The van der Waals surface area contributed by atoms with Crippen molar-refractivity contribution in [2.24, 2.45) is 5.92 Å². The lowest BCUT2D eigenvalue weighted by atomic mass is 10.1. The SMILES string of the molecule is CC1CSCC1NC(=O)NC(=O)CCCl. The number of thioether (sulfide) groups is 1. The summed E-state index contributed by atoms with van der Waals surface area (Å²) in [5, 5.41) is 5.03. The number of nitrogens with one attached hydrogen (secondary N) is 2. The monoisotopic (exact) mass is 250 g/mol. The van der Waals surface area contributed by atoms with E-state index in [9.17, 15) is 9.59 Å². The fourth-order valence-electron chi connectivity index (χ4n) is 1.32. The van der Waals surface area contributed by atoms with E-state index >= 15 is 0 Å². The van der Waals surface area contributed by atoms with E-state index in [0.29, 0.717) is 5.92 Å². The van der Waals surface area contributed by atoms with E-state index < -0.39 is 6.03 Å². The number of rotatable bonds is 3. The van der Waals surface area contributed by atoms with Crippen molar-refractivity contribution >= 4 is 35.3 Å². The summed E-state index contributed by atoms with van der Waals surface area (Å²) < 4.78 is 0. The third kappa shape index (κ3) is 4.30. The van der Waals surface area contributed by atoms with E-state index in [1.807, 2.05) is 11.8 Å². The van der Waals surface area contributed by atoms with Crippen LogP contribution in [0.4, 0.5) is 4.79 Å². The molecule has 1 fully saturated rings. The second-order valence-corrected chi connectivity index (χ2v) is 5.03. The number of halogens is 1. The zero-order valence-electron chi connectivity index (χ0n) is 8.59. The number of amides is 3. The van der Waals surface area contributed by atoms with E-state index in [4.69, 9.17) is 11.6 Å².